The third kappa shape index (κ3) is 6.23. The van der Waals surface area contributed by atoms with E-state index in [0.29, 0.717) is 50.7 Å². The van der Waals surface area contributed by atoms with Crippen LogP contribution in [0.1, 0.15) is 42.6 Å². The Morgan fingerprint density at radius 3 is 2.58 bits per heavy atom. The second-order valence-electron chi connectivity index (χ2n) is 9.86. The molecular formula is C28H35N3O5. The molecule has 0 spiro atoms. The Hall–Kier alpha value is -3.39. The molecule has 0 aliphatic carbocycles. The van der Waals surface area contributed by atoms with Gasteiger partial charge in [0.15, 0.2) is 0 Å². The fourth-order valence-corrected chi connectivity index (χ4v) is 4.74. The van der Waals surface area contributed by atoms with Crippen molar-refractivity contribution in [3.05, 3.63) is 59.7 Å². The number of hydrogen-bond acceptors (Lipinski definition) is 5. The summed E-state index contributed by atoms with van der Waals surface area (Å²) in [7, 11) is 1.62. The number of ether oxygens (including phenoxy) is 2. The van der Waals surface area contributed by atoms with Crippen molar-refractivity contribution in [3.8, 4) is 5.75 Å². The molecule has 1 atom stereocenters. The topological polar surface area (TPSA) is 79.4 Å². The molecular weight excluding hydrogens is 458 g/mol. The number of anilines is 1. The van der Waals surface area contributed by atoms with Gasteiger partial charge in [0, 0.05) is 43.9 Å². The number of benzene rings is 2. The van der Waals surface area contributed by atoms with Crippen molar-refractivity contribution in [1.82, 2.24) is 9.80 Å². The van der Waals surface area contributed by atoms with Crippen LogP contribution in [0, 0.1) is 5.92 Å². The number of nitrogens with zero attached hydrogens (tertiary/aromatic N) is 3. The van der Waals surface area contributed by atoms with Gasteiger partial charge in [0.1, 0.15) is 12.3 Å². The van der Waals surface area contributed by atoms with Crippen LogP contribution in [0.5, 0.6) is 5.75 Å². The second kappa shape index (κ2) is 11.6. The van der Waals surface area contributed by atoms with Gasteiger partial charge in [0.25, 0.3) is 5.91 Å². The highest BCUT2D eigenvalue weighted by molar-refractivity contribution is 6.00. The van der Waals surface area contributed by atoms with Crippen LogP contribution in [0.25, 0.3) is 0 Å². The van der Waals surface area contributed by atoms with Gasteiger partial charge < -0.3 is 24.2 Å². The average molecular weight is 494 g/mol. The molecule has 192 valence electrons. The van der Waals surface area contributed by atoms with Gasteiger partial charge in [-0.05, 0) is 48.2 Å². The minimum atomic E-state index is -0.339. The first kappa shape index (κ1) is 25.7. The van der Waals surface area contributed by atoms with E-state index in [1.54, 1.807) is 40.0 Å². The van der Waals surface area contributed by atoms with Gasteiger partial charge in [-0.25, -0.2) is 0 Å². The van der Waals surface area contributed by atoms with Crippen LogP contribution in [-0.4, -0.2) is 73.5 Å². The molecule has 0 N–H and O–H groups in total. The maximum absolute atomic E-state index is 13.6. The molecule has 3 amide bonds. The Balaban J connectivity index is 1.52. The van der Waals surface area contributed by atoms with Crippen LogP contribution in [0.2, 0.25) is 0 Å². The maximum atomic E-state index is 13.6. The van der Waals surface area contributed by atoms with Gasteiger partial charge in [-0.15, -0.1) is 0 Å². The van der Waals surface area contributed by atoms with Crippen molar-refractivity contribution in [1.29, 1.82) is 0 Å². The van der Waals surface area contributed by atoms with Crippen LogP contribution in [-0.2, 0) is 20.9 Å². The highest BCUT2D eigenvalue weighted by Crippen LogP contribution is 2.24. The van der Waals surface area contributed by atoms with E-state index in [0.717, 1.165) is 23.4 Å². The van der Waals surface area contributed by atoms with Crippen molar-refractivity contribution < 1.29 is 23.9 Å². The van der Waals surface area contributed by atoms with Gasteiger partial charge in [-0.2, -0.15) is 0 Å². The molecule has 4 rings (SSSR count). The van der Waals surface area contributed by atoms with Gasteiger partial charge in [-0.1, -0.05) is 32.0 Å². The van der Waals surface area contributed by atoms with Gasteiger partial charge in [0.05, 0.1) is 19.8 Å². The summed E-state index contributed by atoms with van der Waals surface area (Å²) in [6.45, 7) is 6.47. The van der Waals surface area contributed by atoms with E-state index in [-0.39, 0.29) is 30.4 Å². The largest absolute Gasteiger partial charge is 0.497 e. The number of carbonyl (C=O) groups is 3. The zero-order valence-corrected chi connectivity index (χ0v) is 21.3. The van der Waals surface area contributed by atoms with Crippen molar-refractivity contribution in [2.45, 2.75) is 39.4 Å². The molecule has 0 aromatic heterocycles. The minimum absolute atomic E-state index is 0.00253. The third-order valence-electron chi connectivity index (χ3n) is 6.50. The Morgan fingerprint density at radius 1 is 1.06 bits per heavy atom. The van der Waals surface area contributed by atoms with E-state index >= 15 is 0 Å². The second-order valence-corrected chi connectivity index (χ2v) is 9.86. The third-order valence-corrected chi connectivity index (χ3v) is 6.50. The molecule has 8 heteroatoms. The Morgan fingerprint density at radius 2 is 1.86 bits per heavy atom. The quantitative estimate of drug-likeness (QED) is 0.564. The predicted molar refractivity (Wildman–Crippen MR) is 137 cm³/mol. The molecule has 0 bridgehead atoms. The van der Waals surface area contributed by atoms with Gasteiger partial charge in [0.2, 0.25) is 11.8 Å². The van der Waals surface area contributed by atoms with Crippen molar-refractivity contribution in [2.75, 3.05) is 44.7 Å². The molecule has 0 saturated carbocycles. The van der Waals surface area contributed by atoms with Crippen molar-refractivity contribution in [3.63, 3.8) is 0 Å². The molecule has 8 nitrogen and oxygen atoms in total. The standard InChI is InChI=1S/C28H35N3O5/c1-20(2)15-29-16-25(36-19-21-7-4-10-24(13-21)35-3)17-30(18-27(29)33)28(34)22-8-5-9-23(14-22)31-12-6-11-26(31)32/h4-5,7-10,13-14,20,25H,6,11-12,15-19H2,1-3H3. The van der Waals surface area contributed by atoms with E-state index in [2.05, 4.69) is 13.8 Å². The summed E-state index contributed by atoms with van der Waals surface area (Å²) in [6, 6.07) is 14.8. The number of hydrogen-bond donors (Lipinski definition) is 0. The fourth-order valence-electron chi connectivity index (χ4n) is 4.74. The summed E-state index contributed by atoms with van der Waals surface area (Å²) in [5.74, 6) is 0.792. The first-order valence-electron chi connectivity index (χ1n) is 12.6. The van der Waals surface area contributed by atoms with Crippen LogP contribution >= 0.6 is 0 Å². The van der Waals surface area contributed by atoms with E-state index < -0.39 is 0 Å². The summed E-state index contributed by atoms with van der Waals surface area (Å²) >= 11 is 0. The maximum Gasteiger partial charge on any atom is 0.254 e. The summed E-state index contributed by atoms with van der Waals surface area (Å²) in [5.41, 5.74) is 2.14. The zero-order valence-electron chi connectivity index (χ0n) is 21.3. The lowest BCUT2D eigenvalue weighted by molar-refractivity contribution is -0.132. The summed E-state index contributed by atoms with van der Waals surface area (Å²) < 4.78 is 11.6. The highest BCUT2D eigenvalue weighted by Gasteiger charge is 2.32. The lowest BCUT2D eigenvalue weighted by Crippen LogP contribution is -2.40. The molecule has 2 heterocycles. The molecule has 2 aromatic rings. The number of rotatable bonds is 8. The summed E-state index contributed by atoms with van der Waals surface area (Å²) in [4.78, 5) is 44.0. The van der Waals surface area contributed by atoms with Crippen molar-refractivity contribution >= 4 is 23.4 Å². The van der Waals surface area contributed by atoms with Crippen molar-refractivity contribution in [2.24, 2.45) is 5.92 Å². The van der Waals surface area contributed by atoms with E-state index in [1.165, 1.54) is 0 Å². The van der Waals surface area contributed by atoms with E-state index in [4.69, 9.17) is 9.47 Å². The zero-order chi connectivity index (χ0) is 25.7. The van der Waals surface area contributed by atoms with E-state index in [1.807, 2.05) is 30.3 Å². The first-order chi connectivity index (χ1) is 17.3. The van der Waals surface area contributed by atoms with Crippen LogP contribution < -0.4 is 9.64 Å². The number of amides is 3. The summed E-state index contributed by atoms with van der Waals surface area (Å²) in [5, 5.41) is 0. The lowest BCUT2D eigenvalue weighted by atomic mass is 10.1. The Labute approximate surface area is 212 Å². The first-order valence-corrected chi connectivity index (χ1v) is 12.6. The molecule has 36 heavy (non-hydrogen) atoms. The molecule has 2 aromatic carbocycles. The molecule has 1 unspecified atom stereocenters. The number of methoxy groups -OCH3 is 1. The fraction of sp³-hybridized carbons (Fsp3) is 0.464. The van der Waals surface area contributed by atoms with Crippen LogP contribution in [0.4, 0.5) is 5.69 Å². The minimum Gasteiger partial charge on any atom is -0.497 e. The SMILES string of the molecule is COc1cccc(COC2CN(CC(C)C)C(=O)CN(C(=O)c3cccc(N4CCCC4=O)c3)C2)c1. The highest BCUT2D eigenvalue weighted by atomic mass is 16.5. The van der Waals surface area contributed by atoms with Crippen LogP contribution in [0.3, 0.4) is 0 Å². The molecule has 2 fully saturated rings. The monoisotopic (exact) mass is 493 g/mol. The summed E-state index contributed by atoms with van der Waals surface area (Å²) in [6.07, 6.45) is 1.00. The van der Waals surface area contributed by atoms with E-state index in [9.17, 15) is 14.4 Å². The van der Waals surface area contributed by atoms with Gasteiger partial charge in [-0.3, -0.25) is 14.4 Å². The van der Waals surface area contributed by atoms with Crippen LogP contribution in [0.15, 0.2) is 48.5 Å². The smallest absolute Gasteiger partial charge is 0.254 e. The molecule has 2 aliphatic rings. The molecule has 0 radical (unpaired) electrons. The Kier molecular flexibility index (Phi) is 8.25. The van der Waals surface area contributed by atoms with Gasteiger partial charge >= 0.3 is 0 Å². The lowest BCUT2D eigenvalue weighted by Gasteiger charge is -2.26. The predicted octanol–water partition coefficient (Wildman–Crippen LogP) is 3.35. The Bertz CT molecular complexity index is 1100. The average Bonchev–Trinajstić information content (AvgIpc) is 3.24. The molecule has 2 aliphatic heterocycles. The normalized spacial score (nSPS) is 18.7. The molecule has 2 saturated heterocycles. The number of carbonyl (C=O) groups excluding carboxylic acids is 3.